The van der Waals surface area contributed by atoms with E-state index in [1.165, 1.54) is 11.1 Å². The molecule has 0 spiro atoms. The normalized spacial score (nSPS) is 18.8. The van der Waals surface area contributed by atoms with E-state index in [1.807, 2.05) is 13.0 Å². The van der Waals surface area contributed by atoms with Crippen LogP contribution in [0.5, 0.6) is 0 Å². The molecule has 1 aromatic rings. The monoisotopic (exact) mass is 275 g/mol. The number of carbonyl (C=O) groups excluding carboxylic acids is 1. The number of benzene rings is 1. The summed E-state index contributed by atoms with van der Waals surface area (Å²) in [5, 5.41) is 13.3. The smallest absolute Gasteiger partial charge is 0.223 e. The molecule has 110 valence electrons. The van der Waals surface area contributed by atoms with E-state index in [-0.39, 0.29) is 18.4 Å². The van der Waals surface area contributed by atoms with Crippen LogP contribution in [-0.2, 0) is 4.79 Å². The highest BCUT2D eigenvalue weighted by Crippen LogP contribution is 2.32. The van der Waals surface area contributed by atoms with Gasteiger partial charge in [-0.2, -0.15) is 0 Å². The van der Waals surface area contributed by atoms with E-state index in [4.69, 9.17) is 0 Å². The summed E-state index contributed by atoms with van der Waals surface area (Å²) in [5.41, 5.74) is 2.83. The molecule has 0 heterocycles. The zero-order chi connectivity index (χ0) is 14.8. The molecule has 2 rings (SSSR count). The van der Waals surface area contributed by atoms with Crippen LogP contribution < -0.4 is 5.32 Å². The third-order valence-corrected chi connectivity index (χ3v) is 4.51. The van der Waals surface area contributed by atoms with Crippen molar-refractivity contribution < 1.29 is 9.90 Å². The first kappa shape index (κ1) is 15.0. The van der Waals surface area contributed by atoms with Crippen molar-refractivity contribution >= 4 is 5.91 Å². The van der Waals surface area contributed by atoms with Gasteiger partial charge in [0.2, 0.25) is 5.91 Å². The van der Waals surface area contributed by atoms with Crippen molar-refractivity contribution in [3.8, 4) is 0 Å². The number of rotatable bonds is 4. The Bertz CT molecular complexity index is 490. The second-order valence-corrected chi connectivity index (χ2v) is 6.19. The summed E-state index contributed by atoms with van der Waals surface area (Å²) in [5.74, 6) is -0.0530. The maximum atomic E-state index is 12.1. The van der Waals surface area contributed by atoms with E-state index in [9.17, 15) is 9.90 Å². The van der Waals surface area contributed by atoms with Crippen molar-refractivity contribution in [3.05, 3.63) is 34.9 Å². The Hall–Kier alpha value is -1.35. The van der Waals surface area contributed by atoms with Gasteiger partial charge in [-0.05, 0) is 50.3 Å². The molecule has 1 saturated carbocycles. The molecule has 20 heavy (non-hydrogen) atoms. The molecule has 1 aliphatic rings. The Labute approximate surface area is 121 Å². The fraction of sp³-hybridized carbons (Fsp3) is 0.588. The number of amides is 1. The van der Waals surface area contributed by atoms with E-state index < -0.39 is 5.60 Å². The Morgan fingerprint density at radius 2 is 2.00 bits per heavy atom. The number of carbonyl (C=O) groups is 1. The molecule has 0 aliphatic heterocycles. The van der Waals surface area contributed by atoms with E-state index in [0.717, 1.165) is 31.2 Å². The lowest BCUT2D eigenvalue weighted by atomic mass is 9.96. The summed E-state index contributed by atoms with van der Waals surface area (Å²) >= 11 is 0. The zero-order valence-corrected chi connectivity index (χ0v) is 12.7. The first-order valence-electron chi connectivity index (χ1n) is 7.49. The van der Waals surface area contributed by atoms with Gasteiger partial charge in [0.1, 0.15) is 0 Å². The van der Waals surface area contributed by atoms with Gasteiger partial charge in [-0.1, -0.05) is 31.0 Å². The molecule has 2 N–H and O–H groups in total. The Balaban J connectivity index is 1.98. The highest BCUT2D eigenvalue weighted by atomic mass is 16.3. The molecule has 1 aliphatic carbocycles. The van der Waals surface area contributed by atoms with Gasteiger partial charge in [0, 0.05) is 0 Å². The fourth-order valence-corrected chi connectivity index (χ4v) is 3.12. The van der Waals surface area contributed by atoms with Crippen LogP contribution in [0.3, 0.4) is 0 Å². The van der Waals surface area contributed by atoms with Crippen molar-refractivity contribution in [1.82, 2.24) is 5.32 Å². The van der Waals surface area contributed by atoms with Crippen molar-refractivity contribution in [2.45, 2.75) is 64.5 Å². The minimum Gasteiger partial charge on any atom is -0.389 e. The summed E-state index contributed by atoms with van der Waals surface area (Å²) in [7, 11) is 0. The van der Waals surface area contributed by atoms with Crippen molar-refractivity contribution in [3.63, 3.8) is 0 Å². The summed E-state index contributed by atoms with van der Waals surface area (Å²) < 4.78 is 0. The van der Waals surface area contributed by atoms with Gasteiger partial charge in [0.05, 0.1) is 18.1 Å². The van der Waals surface area contributed by atoms with Crippen LogP contribution in [0.25, 0.3) is 0 Å². The number of nitrogens with one attached hydrogen (secondary N) is 1. The van der Waals surface area contributed by atoms with E-state index >= 15 is 0 Å². The minimum absolute atomic E-state index is 0.0209. The highest BCUT2D eigenvalue weighted by Gasteiger charge is 2.33. The van der Waals surface area contributed by atoms with Crippen LogP contribution in [-0.4, -0.2) is 16.6 Å². The summed E-state index contributed by atoms with van der Waals surface area (Å²) in [6, 6.07) is 6.13. The van der Waals surface area contributed by atoms with Gasteiger partial charge in [0.25, 0.3) is 0 Å². The van der Waals surface area contributed by atoms with E-state index in [0.29, 0.717) is 0 Å². The molecule has 1 aromatic carbocycles. The quantitative estimate of drug-likeness (QED) is 0.886. The van der Waals surface area contributed by atoms with Crippen LogP contribution in [0.1, 0.15) is 61.8 Å². The zero-order valence-electron chi connectivity index (χ0n) is 12.7. The average Bonchev–Trinajstić information content (AvgIpc) is 2.78. The number of hydrogen-bond donors (Lipinski definition) is 2. The average molecular weight is 275 g/mol. The van der Waals surface area contributed by atoms with Gasteiger partial charge in [-0.25, -0.2) is 0 Å². The number of aryl methyl sites for hydroxylation is 1. The van der Waals surface area contributed by atoms with Crippen molar-refractivity contribution in [2.24, 2.45) is 0 Å². The molecule has 1 fully saturated rings. The third kappa shape index (κ3) is 3.40. The van der Waals surface area contributed by atoms with Crippen LogP contribution >= 0.6 is 0 Å². The first-order valence-corrected chi connectivity index (χ1v) is 7.49. The molecule has 0 radical (unpaired) electrons. The Morgan fingerprint density at radius 3 is 2.65 bits per heavy atom. The van der Waals surface area contributed by atoms with Gasteiger partial charge in [-0.15, -0.1) is 0 Å². The molecule has 0 aromatic heterocycles. The second-order valence-electron chi connectivity index (χ2n) is 6.19. The first-order chi connectivity index (χ1) is 9.41. The number of aliphatic hydroxyl groups is 1. The minimum atomic E-state index is -0.772. The molecular formula is C17H25NO2. The molecule has 0 bridgehead atoms. The van der Waals surface area contributed by atoms with Crippen molar-refractivity contribution in [2.75, 3.05) is 0 Å². The Kier molecular flexibility index (Phi) is 4.48. The van der Waals surface area contributed by atoms with E-state index in [1.54, 1.807) is 0 Å². The van der Waals surface area contributed by atoms with Gasteiger partial charge >= 0.3 is 0 Å². The third-order valence-electron chi connectivity index (χ3n) is 4.51. The SMILES string of the molecule is Cc1cccc(C(C)NC(=O)CC2(O)CCCC2)c1C. The molecule has 0 saturated heterocycles. The van der Waals surface area contributed by atoms with Crippen LogP contribution in [0.15, 0.2) is 18.2 Å². The largest absolute Gasteiger partial charge is 0.389 e. The second kappa shape index (κ2) is 5.96. The maximum absolute atomic E-state index is 12.1. The molecular weight excluding hydrogens is 250 g/mol. The molecule has 1 atom stereocenters. The summed E-state index contributed by atoms with van der Waals surface area (Å²) in [6.07, 6.45) is 3.77. The van der Waals surface area contributed by atoms with Gasteiger partial charge in [0.15, 0.2) is 0 Å². The van der Waals surface area contributed by atoms with Gasteiger partial charge < -0.3 is 10.4 Å². The molecule has 1 unspecified atom stereocenters. The summed E-state index contributed by atoms with van der Waals surface area (Å²) in [4.78, 5) is 12.1. The number of hydrogen-bond acceptors (Lipinski definition) is 2. The molecule has 1 amide bonds. The lowest BCUT2D eigenvalue weighted by Crippen LogP contribution is -2.36. The predicted octanol–water partition coefficient (Wildman–Crippen LogP) is 3.18. The Morgan fingerprint density at radius 1 is 1.35 bits per heavy atom. The lowest BCUT2D eigenvalue weighted by Gasteiger charge is -2.23. The fourth-order valence-electron chi connectivity index (χ4n) is 3.12. The molecule has 3 nitrogen and oxygen atoms in total. The topological polar surface area (TPSA) is 49.3 Å². The van der Waals surface area contributed by atoms with Crippen LogP contribution in [0.4, 0.5) is 0 Å². The maximum Gasteiger partial charge on any atom is 0.223 e. The van der Waals surface area contributed by atoms with Crippen LogP contribution in [0.2, 0.25) is 0 Å². The lowest BCUT2D eigenvalue weighted by molar-refractivity contribution is -0.126. The van der Waals surface area contributed by atoms with E-state index in [2.05, 4.69) is 31.3 Å². The molecule has 3 heteroatoms. The van der Waals surface area contributed by atoms with Gasteiger partial charge in [-0.3, -0.25) is 4.79 Å². The standard InChI is InChI=1S/C17H25NO2/c1-12-7-6-8-15(13(12)2)14(3)18-16(19)11-17(20)9-4-5-10-17/h6-8,14,20H,4-5,9-11H2,1-3H3,(H,18,19). The highest BCUT2D eigenvalue weighted by molar-refractivity contribution is 5.77. The summed E-state index contributed by atoms with van der Waals surface area (Å²) in [6.45, 7) is 6.16. The van der Waals surface area contributed by atoms with Crippen LogP contribution in [0, 0.1) is 13.8 Å². The predicted molar refractivity (Wildman–Crippen MR) is 80.5 cm³/mol. The van der Waals surface area contributed by atoms with Crippen molar-refractivity contribution in [1.29, 1.82) is 0 Å².